The number of benzene rings is 1. The second kappa shape index (κ2) is 6.68. The number of halogens is 1. The van der Waals surface area contributed by atoms with Gasteiger partial charge in [-0.1, -0.05) is 0 Å². The molecule has 0 N–H and O–H groups in total. The first-order chi connectivity index (χ1) is 11.5. The molecule has 2 heterocycles. The summed E-state index contributed by atoms with van der Waals surface area (Å²) in [5.41, 5.74) is 0.314. The Labute approximate surface area is 139 Å². The number of amides is 3. The molecular weight excluding hydrogens is 315 g/mol. The summed E-state index contributed by atoms with van der Waals surface area (Å²) >= 11 is 0. The Hall–Kier alpha value is -2.28. The number of carbonyl (C=O) groups is 3. The largest absolute Gasteiger partial charge is 0.376 e. The van der Waals surface area contributed by atoms with Gasteiger partial charge in [0.05, 0.1) is 18.2 Å². The smallest absolute Gasteiger partial charge is 0.257 e. The lowest BCUT2D eigenvalue weighted by molar-refractivity contribution is -0.138. The van der Waals surface area contributed by atoms with Gasteiger partial charge in [0, 0.05) is 20.1 Å². The Morgan fingerprint density at radius 3 is 2.62 bits per heavy atom. The number of imide groups is 1. The van der Waals surface area contributed by atoms with Gasteiger partial charge in [0.15, 0.2) is 0 Å². The maximum absolute atomic E-state index is 13.1. The lowest BCUT2D eigenvalue weighted by atomic mass is 10.1. The molecule has 7 heteroatoms. The van der Waals surface area contributed by atoms with E-state index in [-0.39, 0.29) is 18.4 Å². The van der Waals surface area contributed by atoms with Crippen molar-refractivity contribution in [3.05, 3.63) is 30.1 Å². The summed E-state index contributed by atoms with van der Waals surface area (Å²) in [6.45, 7) is 2.33. The Bertz CT molecular complexity index is 655. The maximum atomic E-state index is 13.1. The Balaban J connectivity index is 1.80. The molecule has 1 aromatic rings. The molecule has 0 bridgehead atoms. The number of hydrogen-bond acceptors (Lipinski definition) is 4. The average Bonchev–Trinajstić information content (AvgIpc) is 3.14. The van der Waals surface area contributed by atoms with Gasteiger partial charge in [-0.15, -0.1) is 0 Å². The van der Waals surface area contributed by atoms with Crippen LogP contribution in [0, 0.1) is 5.82 Å². The van der Waals surface area contributed by atoms with E-state index in [4.69, 9.17) is 4.74 Å². The van der Waals surface area contributed by atoms with E-state index in [1.807, 2.05) is 0 Å². The van der Waals surface area contributed by atoms with Crippen molar-refractivity contribution in [1.29, 1.82) is 0 Å². The minimum atomic E-state index is -0.829. The third-order valence-electron chi connectivity index (χ3n) is 4.41. The topological polar surface area (TPSA) is 66.9 Å². The van der Waals surface area contributed by atoms with Crippen LogP contribution in [0.2, 0.25) is 0 Å². The van der Waals surface area contributed by atoms with Crippen molar-refractivity contribution in [2.45, 2.75) is 38.3 Å². The van der Waals surface area contributed by atoms with Crippen LogP contribution in [0.5, 0.6) is 0 Å². The lowest BCUT2D eigenvalue weighted by Gasteiger charge is -2.28. The molecule has 0 saturated carbocycles. The molecule has 0 aliphatic carbocycles. The highest BCUT2D eigenvalue weighted by atomic mass is 19.1. The number of hydrogen-bond donors (Lipinski definition) is 0. The molecule has 128 valence electrons. The molecule has 2 saturated heterocycles. The molecule has 2 aliphatic rings. The third-order valence-corrected chi connectivity index (χ3v) is 4.41. The Kier molecular flexibility index (Phi) is 4.62. The van der Waals surface area contributed by atoms with Crippen molar-refractivity contribution in [2.24, 2.45) is 0 Å². The molecule has 24 heavy (non-hydrogen) atoms. The van der Waals surface area contributed by atoms with Gasteiger partial charge in [0.25, 0.3) is 5.91 Å². The first-order valence-corrected chi connectivity index (χ1v) is 7.98. The molecule has 2 fully saturated rings. The van der Waals surface area contributed by atoms with E-state index in [1.165, 1.54) is 36.1 Å². The fourth-order valence-corrected chi connectivity index (χ4v) is 3.20. The molecule has 2 atom stereocenters. The summed E-state index contributed by atoms with van der Waals surface area (Å²) < 4.78 is 18.6. The predicted molar refractivity (Wildman–Crippen MR) is 83.7 cm³/mol. The first kappa shape index (κ1) is 16.6. The normalized spacial score (nSPS) is 23.8. The van der Waals surface area contributed by atoms with Crippen LogP contribution in [-0.2, 0) is 19.1 Å². The van der Waals surface area contributed by atoms with Crippen LogP contribution < -0.4 is 4.90 Å². The quantitative estimate of drug-likeness (QED) is 0.783. The van der Waals surface area contributed by atoms with Crippen LogP contribution in [0.1, 0.15) is 26.2 Å². The molecule has 0 aromatic heterocycles. The highest BCUT2D eigenvalue weighted by Crippen LogP contribution is 2.27. The van der Waals surface area contributed by atoms with Crippen molar-refractivity contribution in [3.63, 3.8) is 0 Å². The summed E-state index contributed by atoms with van der Waals surface area (Å²) in [7, 11) is 0. The van der Waals surface area contributed by atoms with E-state index in [2.05, 4.69) is 0 Å². The van der Waals surface area contributed by atoms with Crippen LogP contribution in [-0.4, -0.2) is 47.9 Å². The van der Waals surface area contributed by atoms with Gasteiger partial charge in [-0.05, 0) is 37.1 Å². The monoisotopic (exact) mass is 334 g/mol. The second-order valence-corrected chi connectivity index (χ2v) is 6.07. The van der Waals surface area contributed by atoms with Gasteiger partial charge in [0.2, 0.25) is 11.8 Å². The molecule has 0 unspecified atom stereocenters. The van der Waals surface area contributed by atoms with Crippen LogP contribution in [0.4, 0.5) is 10.1 Å². The highest BCUT2D eigenvalue weighted by molar-refractivity contribution is 6.22. The van der Waals surface area contributed by atoms with Crippen LogP contribution >= 0.6 is 0 Å². The number of nitrogens with zero attached hydrogens (tertiary/aromatic N) is 2. The van der Waals surface area contributed by atoms with Crippen molar-refractivity contribution in [3.8, 4) is 0 Å². The zero-order valence-electron chi connectivity index (χ0n) is 13.4. The molecule has 0 spiro atoms. The molecule has 3 rings (SSSR count). The minimum absolute atomic E-state index is 0.0670. The Morgan fingerprint density at radius 1 is 1.33 bits per heavy atom. The minimum Gasteiger partial charge on any atom is -0.376 e. The molecule has 6 nitrogen and oxygen atoms in total. The highest BCUT2D eigenvalue weighted by Gasteiger charge is 2.44. The zero-order chi connectivity index (χ0) is 17.3. The summed E-state index contributed by atoms with van der Waals surface area (Å²) in [4.78, 5) is 39.4. The van der Waals surface area contributed by atoms with E-state index in [0.717, 1.165) is 17.7 Å². The lowest BCUT2D eigenvalue weighted by Crippen LogP contribution is -2.47. The van der Waals surface area contributed by atoms with Crippen molar-refractivity contribution in [2.75, 3.05) is 18.1 Å². The standard InChI is InChI=1S/C17H19FN2O4/c1-11(21)19(10-14-3-2-8-24-14)15-9-16(22)20(17(15)23)13-6-4-12(18)5-7-13/h4-7,14-15H,2-3,8-10H2,1H3/t14-,15+/m1/s1. The van der Waals surface area contributed by atoms with Gasteiger partial charge < -0.3 is 9.64 Å². The fourth-order valence-electron chi connectivity index (χ4n) is 3.20. The van der Waals surface area contributed by atoms with E-state index in [0.29, 0.717) is 18.8 Å². The fraction of sp³-hybridized carbons (Fsp3) is 0.471. The van der Waals surface area contributed by atoms with Crippen LogP contribution in [0.15, 0.2) is 24.3 Å². The Morgan fingerprint density at radius 2 is 2.04 bits per heavy atom. The van der Waals surface area contributed by atoms with Gasteiger partial charge in [-0.2, -0.15) is 0 Å². The van der Waals surface area contributed by atoms with E-state index in [9.17, 15) is 18.8 Å². The summed E-state index contributed by atoms with van der Waals surface area (Å²) in [5, 5.41) is 0. The average molecular weight is 334 g/mol. The van der Waals surface area contributed by atoms with Crippen molar-refractivity contribution < 1.29 is 23.5 Å². The number of carbonyl (C=O) groups excluding carboxylic acids is 3. The zero-order valence-corrected chi connectivity index (χ0v) is 13.4. The first-order valence-electron chi connectivity index (χ1n) is 7.98. The summed E-state index contributed by atoms with van der Waals surface area (Å²) in [6.07, 6.45) is 1.59. The number of rotatable bonds is 4. The molecule has 1 aromatic carbocycles. The second-order valence-electron chi connectivity index (χ2n) is 6.07. The summed E-state index contributed by atoms with van der Waals surface area (Å²) in [5.74, 6) is -1.56. The van der Waals surface area contributed by atoms with Gasteiger partial charge in [-0.25, -0.2) is 9.29 Å². The maximum Gasteiger partial charge on any atom is 0.257 e. The summed E-state index contributed by atoms with van der Waals surface area (Å²) in [6, 6.07) is 4.32. The molecule has 0 radical (unpaired) electrons. The van der Waals surface area contributed by atoms with Crippen molar-refractivity contribution >= 4 is 23.4 Å². The van der Waals surface area contributed by atoms with E-state index in [1.54, 1.807) is 0 Å². The van der Waals surface area contributed by atoms with Crippen LogP contribution in [0.3, 0.4) is 0 Å². The number of ether oxygens (including phenoxy) is 1. The van der Waals surface area contributed by atoms with Crippen molar-refractivity contribution in [1.82, 2.24) is 4.90 Å². The van der Waals surface area contributed by atoms with E-state index < -0.39 is 23.7 Å². The van der Waals surface area contributed by atoms with Gasteiger partial charge in [0.1, 0.15) is 11.9 Å². The van der Waals surface area contributed by atoms with E-state index >= 15 is 0 Å². The number of anilines is 1. The predicted octanol–water partition coefficient (Wildman–Crippen LogP) is 1.49. The molecule has 2 aliphatic heterocycles. The third kappa shape index (κ3) is 3.17. The SMILES string of the molecule is CC(=O)N(C[C@H]1CCCO1)[C@H]1CC(=O)N(c2ccc(F)cc2)C1=O. The molecular formula is C17H19FN2O4. The molecule has 3 amide bonds. The van der Waals surface area contributed by atoms with Gasteiger partial charge in [-0.3, -0.25) is 14.4 Å². The van der Waals surface area contributed by atoms with Gasteiger partial charge >= 0.3 is 0 Å². The van der Waals surface area contributed by atoms with Crippen LogP contribution in [0.25, 0.3) is 0 Å².